The zero-order valence-corrected chi connectivity index (χ0v) is 16.3. The molecule has 1 aliphatic heterocycles. The van der Waals surface area contributed by atoms with Gasteiger partial charge in [0.25, 0.3) is 0 Å². The molecule has 0 amide bonds. The van der Waals surface area contributed by atoms with E-state index >= 15 is 0 Å². The minimum atomic E-state index is -0.184. The Labute approximate surface area is 160 Å². The molecule has 1 aromatic carbocycles. The van der Waals surface area contributed by atoms with Crippen LogP contribution in [0.3, 0.4) is 0 Å². The Morgan fingerprint density at radius 3 is 2.44 bits per heavy atom. The molecule has 1 fully saturated rings. The first-order valence-corrected chi connectivity index (χ1v) is 9.55. The molecule has 0 unspecified atom stereocenters. The van der Waals surface area contributed by atoms with Crippen LogP contribution in [-0.4, -0.2) is 59.0 Å². The molecule has 144 valence electrons. The summed E-state index contributed by atoms with van der Waals surface area (Å²) in [5.41, 5.74) is 0.914. The zero-order chi connectivity index (χ0) is 19.0. The molecule has 0 aliphatic carbocycles. The SMILES string of the molecule is COc1ccc([C@@H](c2sc3ncnn3c2O)N2CCCC2)c(OC)c1OC. The van der Waals surface area contributed by atoms with Gasteiger partial charge in [0.05, 0.1) is 32.2 Å². The van der Waals surface area contributed by atoms with E-state index < -0.39 is 0 Å². The van der Waals surface area contributed by atoms with E-state index in [9.17, 15) is 5.11 Å². The lowest BCUT2D eigenvalue weighted by atomic mass is 10.0. The number of hydrogen-bond donors (Lipinski definition) is 1. The van der Waals surface area contributed by atoms with Gasteiger partial charge >= 0.3 is 0 Å². The number of aromatic nitrogens is 3. The number of thiazole rings is 1. The van der Waals surface area contributed by atoms with Crippen molar-refractivity contribution in [2.75, 3.05) is 34.4 Å². The highest BCUT2D eigenvalue weighted by Gasteiger charge is 2.34. The van der Waals surface area contributed by atoms with Crippen LogP contribution < -0.4 is 14.2 Å². The van der Waals surface area contributed by atoms with Crippen molar-refractivity contribution in [1.29, 1.82) is 0 Å². The molecule has 0 radical (unpaired) electrons. The van der Waals surface area contributed by atoms with E-state index in [0.717, 1.165) is 36.4 Å². The van der Waals surface area contributed by atoms with E-state index in [1.165, 1.54) is 22.2 Å². The highest BCUT2D eigenvalue weighted by molar-refractivity contribution is 7.17. The van der Waals surface area contributed by atoms with Crippen LogP contribution in [0.1, 0.15) is 29.3 Å². The summed E-state index contributed by atoms with van der Waals surface area (Å²) in [6, 6.07) is 3.66. The van der Waals surface area contributed by atoms with Crippen molar-refractivity contribution >= 4 is 16.3 Å². The average molecular weight is 390 g/mol. The zero-order valence-electron chi connectivity index (χ0n) is 15.5. The Kier molecular flexibility index (Phi) is 4.79. The predicted octanol–water partition coefficient (Wildman–Crippen LogP) is 2.71. The van der Waals surface area contributed by atoms with Gasteiger partial charge in [-0.15, -0.1) is 0 Å². The van der Waals surface area contributed by atoms with Crippen LogP contribution in [0, 0.1) is 0 Å². The molecule has 4 rings (SSSR count). The molecule has 3 heterocycles. The molecule has 27 heavy (non-hydrogen) atoms. The number of hydrogen-bond acceptors (Lipinski definition) is 8. The molecule has 8 nitrogen and oxygen atoms in total. The number of ether oxygens (including phenoxy) is 3. The molecular weight excluding hydrogens is 368 g/mol. The Morgan fingerprint density at radius 1 is 1.07 bits per heavy atom. The molecule has 0 saturated carbocycles. The fourth-order valence-electron chi connectivity index (χ4n) is 3.72. The maximum absolute atomic E-state index is 10.8. The Bertz CT molecular complexity index is 948. The highest BCUT2D eigenvalue weighted by atomic mass is 32.1. The quantitative estimate of drug-likeness (QED) is 0.693. The molecule has 1 atom stereocenters. The van der Waals surface area contributed by atoms with E-state index in [4.69, 9.17) is 14.2 Å². The second-order valence-corrected chi connectivity index (χ2v) is 7.32. The summed E-state index contributed by atoms with van der Waals surface area (Å²) in [6.07, 6.45) is 3.68. The van der Waals surface area contributed by atoms with E-state index in [1.54, 1.807) is 21.3 Å². The third-order valence-corrected chi connectivity index (χ3v) is 6.01. The fraction of sp³-hybridized carbons (Fsp3) is 0.444. The number of aromatic hydroxyl groups is 1. The number of rotatable bonds is 6. The second-order valence-electron chi connectivity index (χ2n) is 6.31. The van der Waals surface area contributed by atoms with Crippen molar-refractivity contribution in [2.24, 2.45) is 0 Å². The first-order valence-electron chi connectivity index (χ1n) is 8.73. The summed E-state index contributed by atoms with van der Waals surface area (Å²) in [5.74, 6) is 1.86. The van der Waals surface area contributed by atoms with Crippen molar-refractivity contribution in [2.45, 2.75) is 18.9 Å². The smallest absolute Gasteiger partial charge is 0.230 e. The van der Waals surface area contributed by atoms with Crippen LogP contribution in [0.2, 0.25) is 0 Å². The number of nitrogens with zero attached hydrogens (tertiary/aromatic N) is 4. The van der Waals surface area contributed by atoms with Gasteiger partial charge in [-0.2, -0.15) is 9.61 Å². The van der Waals surface area contributed by atoms with Crippen molar-refractivity contribution in [1.82, 2.24) is 19.5 Å². The topological polar surface area (TPSA) is 81.4 Å². The fourth-order valence-corrected chi connectivity index (χ4v) is 4.80. The molecule has 1 aliphatic rings. The Hall–Kier alpha value is -2.52. The minimum absolute atomic E-state index is 0.112. The summed E-state index contributed by atoms with van der Waals surface area (Å²) >= 11 is 1.43. The van der Waals surface area contributed by atoms with E-state index in [2.05, 4.69) is 15.0 Å². The first-order chi connectivity index (χ1) is 13.2. The van der Waals surface area contributed by atoms with Gasteiger partial charge in [-0.05, 0) is 38.1 Å². The van der Waals surface area contributed by atoms with Crippen LogP contribution in [0.15, 0.2) is 18.5 Å². The van der Waals surface area contributed by atoms with Gasteiger partial charge in [0.1, 0.15) is 6.33 Å². The molecule has 1 saturated heterocycles. The number of benzene rings is 1. The van der Waals surface area contributed by atoms with E-state index in [-0.39, 0.29) is 11.9 Å². The maximum atomic E-state index is 10.8. The van der Waals surface area contributed by atoms with Gasteiger partial charge in [0.15, 0.2) is 11.5 Å². The Morgan fingerprint density at radius 2 is 1.81 bits per heavy atom. The van der Waals surface area contributed by atoms with Crippen molar-refractivity contribution in [3.8, 4) is 23.1 Å². The first kappa shape index (κ1) is 17.9. The van der Waals surface area contributed by atoms with Crippen LogP contribution >= 0.6 is 11.3 Å². The lowest BCUT2D eigenvalue weighted by Crippen LogP contribution is -2.26. The van der Waals surface area contributed by atoms with Crippen molar-refractivity contribution in [3.05, 3.63) is 28.9 Å². The largest absolute Gasteiger partial charge is 0.493 e. The van der Waals surface area contributed by atoms with Gasteiger partial charge in [-0.1, -0.05) is 11.3 Å². The standard InChI is InChI=1S/C18H22N4O4S/c1-24-12-7-6-11(14(25-2)15(12)26-3)13(21-8-4-5-9-21)16-17(23)22-18(27-16)19-10-20-22/h6-7,10,13,23H,4-5,8-9H2,1-3H3/t13-/m0/s1. The van der Waals surface area contributed by atoms with E-state index in [1.807, 2.05) is 12.1 Å². The molecule has 2 aromatic heterocycles. The number of likely N-dealkylation sites (tertiary alicyclic amines) is 1. The van der Waals surface area contributed by atoms with Gasteiger partial charge in [0.2, 0.25) is 16.6 Å². The number of methoxy groups -OCH3 is 3. The lowest BCUT2D eigenvalue weighted by Gasteiger charge is -2.29. The summed E-state index contributed by atoms with van der Waals surface area (Å²) in [6.45, 7) is 1.88. The monoisotopic (exact) mass is 390 g/mol. The molecule has 1 N–H and O–H groups in total. The van der Waals surface area contributed by atoms with Crippen LogP contribution in [-0.2, 0) is 0 Å². The average Bonchev–Trinajstić information content (AvgIpc) is 3.42. The highest BCUT2D eigenvalue weighted by Crippen LogP contribution is 2.48. The van der Waals surface area contributed by atoms with Crippen LogP contribution in [0.25, 0.3) is 4.96 Å². The summed E-state index contributed by atoms with van der Waals surface area (Å²) in [4.78, 5) is 8.01. The third kappa shape index (κ3) is 2.87. The lowest BCUT2D eigenvalue weighted by molar-refractivity contribution is 0.264. The summed E-state index contributed by atoms with van der Waals surface area (Å²) in [7, 11) is 4.81. The second kappa shape index (κ2) is 7.24. The Balaban J connectivity index is 1.92. The van der Waals surface area contributed by atoms with Crippen LogP contribution in [0.5, 0.6) is 23.1 Å². The number of fused-ring (bicyclic) bond motifs is 1. The maximum Gasteiger partial charge on any atom is 0.230 e. The van der Waals surface area contributed by atoms with Crippen molar-refractivity contribution in [3.63, 3.8) is 0 Å². The molecule has 0 spiro atoms. The minimum Gasteiger partial charge on any atom is -0.493 e. The van der Waals surface area contributed by atoms with E-state index in [0.29, 0.717) is 22.2 Å². The normalized spacial score (nSPS) is 16.0. The predicted molar refractivity (Wildman–Crippen MR) is 101 cm³/mol. The summed E-state index contributed by atoms with van der Waals surface area (Å²) in [5, 5.41) is 14.9. The molecule has 0 bridgehead atoms. The molecule has 9 heteroatoms. The van der Waals surface area contributed by atoms with Crippen LogP contribution in [0.4, 0.5) is 0 Å². The molecular formula is C18H22N4O4S. The summed E-state index contributed by atoms with van der Waals surface area (Å²) < 4.78 is 18.2. The van der Waals surface area contributed by atoms with Crippen molar-refractivity contribution < 1.29 is 19.3 Å². The molecule has 3 aromatic rings. The van der Waals surface area contributed by atoms with Gasteiger partial charge < -0.3 is 19.3 Å². The van der Waals surface area contributed by atoms with Gasteiger partial charge in [0, 0.05) is 5.56 Å². The third-order valence-electron chi connectivity index (χ3n) is 4.92. The van der Waals surface area contributed by atoms with Gasteiger partial charge in [-0.25, -0.2) is 4.98 Å². The van der Waals surface area contributed by atoms with Gasteiger partial charge in [-0.3, -0.25) is 4.90 Å².